The van der Waals surface area contributed by atoms with E-state index in [1.165, 1.54) is 6.42 Å². The topological polar surface area (TPSA) is 41.5 Å². The van der Waals surface area contributed by atoms with Gasteiger partial charge in [0.05, 0.1) is 10.6 Å². The Morgan fingerprint density at radius 3 is 2.89 bits per heavy atom. The maximum absolute atomic E-state index is 12.0. The van der Waals surface area contributed by atoms with Crippen LogP contribution in [0.2, 0.25) is 10.0 Å². The van der Waals surface area contributed by atoms with Gasteiger partial charge in [-0.1, -0.05) is 30.1 Å². The SMILES string of the molecule is CC1CCCC(=NNC(=O)c2ccc(Cl)cc2Cl)C1. The number of hydrogen-bond acceptors (Lipinski definition) is 2. The average molecular weight is 299 g/mol. The summed E-state index contributed by atoms with van der Waals surface area (Å²) in [5.74, 6) is 0.343. The van der Waals surface area contributed by atoms with Gasteiger partial charge in [0.25, 0.3) is 5.91 Å². The lowest BCUT2D eigenvalue weighted by Crippen LogP contribution is -2.22. The molecule has 19 heavy (non-hydrogen) atoms. The molecule has 0 aliphatic heterocycles. The summed E-state index contributed by atoms with van der Waals surface area (Å²) in [7, 11) is 0. The van der Waals surface area contributed by atoms with E-state index in [0.717, 1.165) is 25.0 Å². The molecule has 0 aromatic heterocycles. The third kappa shape index (κ3) is 3.95. The predicted molar refractivity (Wildman–Crippen MR) is 79.0 cm³/mol. The zero-order valence-corrected chi connectivity index (χ0v) is 12.3. The molecule has 1 aromatic rings. The summed E-state index contributed by atoms with van der Waals surface area (Å²) < 4.78 is 0. The Hall–Kier alpha value is -1.06. The van der Waals surface area contributed by atoms with Crippen molar-refractivity contribution in [2.24, 2.45) is 11.0 Å². The van der Waals surface area contributed by atoms with Crippen molar-refractivity contribution in [2.75, 3.05) is 0 Å². The summed E-state index contributed by atoms with van der Waals surface area (Å²) in [6.45, 7) is 2.20. The zero-order valence-electron chi connectivity index (χ0n) is 10.7. The quantitative estimate of drug-likeness (QED) is 0.813. The first-order valence-electron chi connectivity index (χ1n) is 6.37. The number of rotatable bonds is 2. The molecular formula is C14H16Cl2N2O. The highest BCUT2D eigenvalue weighted by molar-refractivity contribution is 6.36. The lowest BCUT2D eigenvalue weighted by molar-refractivity contribution is 0.0954. The van der Waals surface area contributed by atoms with Gasteiger partial charge < -0.3 is 0 Å². The molecule has 1 saturated carbocycles. The molecule has 1 aliphatic carbocycles. The number of nitrogens with one attached hydrogen (secondary N) is 1. The Morgan fingerprint density at radius 2 is 2.21 bits per heavy atom. The second kappa shape index (κ2) is 6.40. The highest BCUT2D eigenvalue weighted by atomic mass is 35.5. The van der Waals surface area contributed by atoms with Crippen molar-refractivity contribution < 1.29 is 4.79 Å². The monoisotopic (exact) mass is 298 g/mol. The molecule has 1 aliphatic rings. The van der Waals surface area contributed by atoms with Crippen LogP contribution in [0.25, 0.3) is 0 Å². The lowest BCUT2D eigenvalue weighted by atomic mass is 9.89. The number of nitrogens with zero attached hydrogens (tertiary/aromatic N) is 1. The van der Waals surface area contributed by atoms with E-state index in [2.05, 4.69) is 17.5 Å². The molecule has 102 valence electrons. The largest absolute Gasteiger partial charge is 0.272 e. The van der Waals surface area contributed by atoms with Gasteiger partial charge in [0.2, 0.25) is 0 Å². The number of halogens is 2. The first-order chi connectivity index (χ1) is 9.06. The molecule has 1 fully saturated rings. The van der Waals surface area contributed by atoms with E-state index in [1.54, 1.807) is 18.2 Å². The molecule has 5 heteroatoms. The van der Waals surface area contributed by atoms with Crippen LogP contribution >= 0.6 is 23.2 Å². The normalized spacial score (nSPS) is 21.4. The molecule has 0 radical (unpaired) electrons. The Morgan fingerprint density at radius 1 is 1.42 bits per heavy atom. The fourth-order valence-corrected chi connectivity index (χ4v) is 2.72. The van der Waals surface area contributed by atoms with E-state index in [4.69, 9.17) is 23.2 Å². The molecule has 1 atom stereocenters. The van der Waals surface area contributed by atoms with Gasteiger partial charge in [-0.3, -0.25) is 4.79 Å². The smallest absolute Gasteiger partial charge is 0.267 e. The number of carbonyl (C=O) groups excluding carboxylic acids is 1. The molecule has 0 heterocycles. The first-order valence-corrected chi connectivity index (χ1v) is 7.12. The summed E-state index contributed by atoms with van der Waals surface area (Å²) in [5.41, 5.74) is 4.01. The Balaban J connectivity index is 2.03. The molecule has 1 amide bonds. The molecule has 1 N–H and O–H groups in total. The molecule has 3 nitrogen and oxygen atoms in total. The lowest BCUT2D eigenvalue weighted by Gasteiger charge is -2.19. The van der Waals surface area contributed by atoms with Crippen LogP contribution in [0.5, 0.6) is 0 Å². The van der Waals surface area contributed by atoms with Crippen LogP contribution in [0, 0.1) is 5.92 Å². The predicted octanol–water partition coefficient (Wildman–Crippen LogP) is 4.29. The van der Waals surface area contributed by atoms with Crippen LogP contribution in [-0.2, 0) is 0 Å². The van der Waals surface area contributed by atoms with Crippen LogP contribution in [0.15, 0.2) is 23.3 Å². The Labute approximate surface area is 123 Å². The van der Waals surface area contributed by atoms with Gasteiger partial charge in [0.15, 0.2) is 0 Å². The van der Waals surface area contributed by atoms with Crippen LogP contribution in [0.4, 0.5) is 0 Å². The minimum atomic E-state index is -0.299. The van der Waals surface area contributed by atoms with Crippen LogP contribution < -0.4 is 5.43 Å². The van der Waals surface area contributed by atoms with Crippen molar-refractivity contribution in [2.45, 2.75) is 32.6 Å². The van der Waals surface area contributed by atoms with Gasteiger partial charge in [0.1, 0.15) is 0 Å². The molecule has 0 saturated heterocycles. The maximum Gasteiger partial charge on any atom is 0.272 e. The van der Waals surface area contributed by atoms with Crippen LogP contribution in [0.1, 0.15) is 43.0 Å². The maximum atomic E-state index is 12.0. The fourth-order valence-electron chi connectivity index (χ4n) is 2.23. The van der Waals surface area contributed by atoms with Crippen LogP contribution in [-0.4, -0.2) is 11.6 Å². The number of carbonyl (C=O) groups is 1. The minimum Gasteiger partial charge on any atom is -0.267 e. The average Bonchev–Trinajstić information content (AvgIpc) is 2.36. The number of hydrazone groups is 1. The van der Waals surface area contributed by atoms with Gasteiger partial charge in [0, 0.05) is 10.7 Å². The van der Waals surface area contributed by atoms with Gasteiger partial charge >= 0.3 is 0 Å². The van der Waals surface area contributed by atoms with Crippen molar-refractivity contribution in [1.29, 1.82) is 0 Å². The zero-order chi connectivity index (χ0) is 13.8. The number of benzene rings is 1. The summed E-state index contributed by atoms with van der Waals surface area (Å²) in [6.07, 6.45) is 4.28. The van der Waals surface area contributed by atoms with Gasteiger partial charge in [-0.15, -0.1) is 0 Å². The molecule has 1 unspecified atom stereocenters. The summed E-state index contributed by atoms with van der Waals surface area (Å²) in [5, 5.41) is 5.04. The van der Waals surface area contributed by atoms with Gasteiger partial charge in [-0.25, -0.2) is 5.43 Å². The van der Waals surface area contributed by atoms with E-state index in [-0.39, 0.29) is 5.91 Å². The standard InChI is InChI=1S/C14H16Cl2N2O/c1-9-3-2-4-11(7-9)17-18-14(19)12-6-5-10(15)8-13(12)16/h5-6,8-9H,2-4,7H2,1H3,(H,18,19). The van der Waals surface area contributed by atoms with Gasteiger partial charge in [-0.05, 0) is 49.8 Å². The van der Waals surface area contributed by atoms with Crippen molar-refractivity contribution in [3.8, 4) is 0 Å². The number of hydrogen-bond donors (Lipinski definition) is 1. The Kier molecular flexibility index (Phi) is 4.83. The molecule has 1 aromatic carbocycles. The molecular weight excluding hydrogens is 283 g/mol. The van der Waals surface area contributed by atoms with Crippen LogP contribution in [0.3, 0.4) is 0 Å². The molecule has 2 rings (SSSR count). The summed E-state index contributed by atoms with van der Waals surface area (Å²) in [4.78, 5) is 12.0. The third-order valence-corrected chi connectivity index (χ3v) is 3.79. The second-order valence-electron chi connectivity index (χ2n) is 4.94. The van der Waals surface area contributed by atoms with E-state index in [1.807, 2.05) is 0 Å². The third-order valence-electron chi connectivity index (χ3n) is 3.24. The highest BCUT2D eigenvalue weighted by Crippen LogP contribution is 2.22. The fraction of sp³-hybridized carbons (Fsp3) is 0.429. The highest BCUT2D eigenvalue weighted by Gasteiger charge is 2.15. The van der Waals surface area contributed by atoms with Gasteiger partial charge in [-0.2, -0.15) is 5.10 Å². The van der Waals surface area contributed by atoms with Crippen molar-refractivity contribution in [3.63, 3.8) is 0 Å². The van der Waals surface area contributed by atoms with E-state index in [0.29, 0.717) is 21.5 Å². The molecule has 0 bridgehead atoms. The van der Waals surface area contributed by atoms with Crippen molar-refractivity contribution in [3.05, 3.63) is 33.8 Å². The first kappa shape index (κ1) is 14.4. The molecule has 0 spiro atoms. The van der Waals surface area contributed by atoms with E-state index in [9.17, 15) is 4.79 Å². The van der Waals surface area contributed by atoms with E-state index >= 15 is 0 Å². The second-order valence-corrected chi connectivity index (χ2v) is 5.79. The number of amides is 1. The summed E-state index contributed by atoms with van der Waals surface area (Å²) >= 11 is 11.8. The summed E-state index contributed by atoms with van der Waals surface area (Å²) in [6, 6.07) is 4.79. The van der Waals surface area contributed by atoms with E-state index < -0.39 is 0 Å². The van der Waals surface area contributed by atoms with Crippen molar-refractivity contribution in [1.82, 2.24) is 5.43 Å². The van der Waals surface area contributed by atoms with Crippen molar-refractivity contribution >= 4 is 34.8 Å². The Bertz CT molecular complexity index is 514. The minimum absolute atomic E-state index is 0.299.